The molecule has 2 N–H and O–H groups in total. The number of likely N-dealkylation sites (tertiary alicyclic amines) is 1. The lowest BCUT2D eigenvalue weighted by Gasteiger charge is -2.34. The summed E-state index contributed by atoms with van der Waals surface area (Å²) in [5, 5.41) is 12.2. The van der Waals surface area contributed by atoms with Crippen molar-refractivity contribution >= 4 is 11.9 Å². The third-order valence-corrected chi connectivity index (χ3v) is 4.45. The SMILES string of the molecule is O=C(CN1CCCCCCC1)NC1(C(=O)O)CCOCC1. The lowest BCUT2D eigenvalue weighted by molar-refractivity contribution is -0.152. The molecule has 2 fully saturated rings. The van der Waals surface area contributed by atoms with Crippen LogP contribution in [0.1, 0.15) is 44.9 Å². The summed E-state index contributed by atoms with van der Waals surface area (Å²) in [6.07, 6.45) is 6.63. The molecule has 6 nitrogen and oxygen atoms in total. The van der Waals surface area contributed by atoms with Gasteiger partial charge in [-0.3, -0.25) is 9.69 Å². The zero-order chi connectivity index (χ0) is 15.1. The first-order chi connectivity index (χ1) is 10.1. The van der Waals surface area contributed by atoms with Crippen molar-refractivity contribution in [2.45, 2.75) is 50.5 Å². The summed E-state index contributed by atoms with van der Waals surface area (Å²) in [6.45, 7) is 2.93. The minimum atomic E-state index is -1.14. The zero-order valence-corrected chi connectivity index (χ0v) is 12.6. The van der Waals surface area contributed by atoms with Crippen molar-refractivity contribution in [1.29, 1.82) is 0 Å². The molecule has 0 aromatic rings. The van der Waals surface area contributed by atoms with E-state index in [1.54, 1.807) is 0 Å². The van der Waals surface area contributed by atoms with E-state index in [9.17, 15) is 14.7 Å². The van der Waals surface area contributed by atoms with E-state index >= 15 is 0 Å². The van der Waals surface area contributed by atoms with Crippen LogP contribution >= 0.6 is 0 Å². The molecule has 2 heterocycles. The fourth-order valence-electron chi connectivity index (χ4n) is 3.09. The number of ether oxygens (including phenoxy) is 1. The van der Waals surface area contributed by atoms with Gasteiger partial charge in [-0.2, -0.15) is 0 Å². The van der Waals surface area contributed by atoms with Crippen molar-refractivity contribution in [3.8, 4) is 0 Å². The van der Waals surface area contributed by atoms with Gasteiger partial charge in [0.05, 0.1) is 6.54 Å². The van der Waals surface area contributed by atoms with E-state index in [0.717, 1.165) is 25.9 Å². The minimum Gasteiger partial charge on any atom is -0.480 e. The molecule has 21 heavy (non-hydrogen) atoms. The highest BCUT2D eigenvalue weighted by molar-refractivity contribution is 5.88. The Hall–Kier alpha value is -1.14. The standard InChI is InChI=1S/C15H26N2O4/c18-13(12-17-8-4-2-1-3-5-9-17)16-15(14(19)20)6-10-21-11-7-15/h1-12H2,(H,16,18)(H,19,20). The molecule has 0 aliphatic carbocycles. The van der Waals surface area contributed by atoms with Crippen LogP contribution in [0.15, 0.2) is 0 Å². The number of carbonyl (C=O) groups is 2. The van der Waals surface area contributed by atoms with E-state index in [1.807, 2.05) is 0 Å². The lowest BCUT2D eigenvalue weighted by atomic mass is 9.90. The minimum absolute atomic E-state index is 0.181. The second kappa shape index (κ2) is 7.75. The van der Waals surface area contributed by atoms with Crippen LogP contribution in [0.5, 0.6) is 0 Å². The van der Waals surface area contributed by atoms with Crippen LogP contribution in [-0.4, -0.2) is 60.3 Å². The molecule has 0 atom stereocenters. The molecule has 0 bridgehead atoms. The highest BCUT2D eigenvalue weighted by atomic mass is 16.5. The van der Waals surface area contributed by atoms with Crippen molar-refractivity contribution < 1.29 is 19.4 Å². The first kappa shape index (κ1) is 16.2. The quantitative estimate of drug-likeness (QED) is 0.809. The van der Waals surface area contributed by atoms with E-state index in [1.165, 1.54) is 19.3 Å². The summed E-state index contributed by atoms with van der Waals surface area (Å²) >= 11 is 0. The Morgan fingerprint density at radius 2 is 1.62 bits per heavy atom. The normalized spacial score (nSPS) is 23.8. The van der Waals surface area contributed by atoms with Gasteiger partial charge >= 0.3 is 5.97 Å². The molecule has 0 radical (unpaired) electrons. The summed E-state index contributed by atoms with van der Waals surface area (Å²) in [5.74, 6) is -1.13. The maximum absolute atomic E-state index is 12.2. The summed E-state index contributed by atoms with van der Waals surface area (Å²) < 4.78 is 5.21. The van der Waals surface area contributed by atoms with E-state index in [-0.39, 0.29) is 5.91 Å². The molecule has 2 aliphatic rings. The number of hydrogen-bond acceptors (Lipinski definition) is 4. The number of carboxylic acid groups (broad SMARTS) is 1. The second-order valence-electron chi connectivity index (χ2n) is 6.09. The monoisotopic (exact) mass is 298 g/mol. The van der Waals surface area contributed by atoms with Crippen molar-refractivity contribution in [2.24, 2.45) is 0 Å². The van der Waals surface area contributed by atoms with Gasteiger partial charge in [0.15, 0.2) is 0 Å². The molecule has 0 aromatic carbocycles. The Kier molecular flexibility index (Phi) is 5.99. The van der Waals surface area contributed by atoms with Crippen LogP contribution in [0, 0.1) is 0 Å². The molecular weight excluding hydrogens is 272 g/mol. The lowest BCUT2D eigenvalue weighted by Crippen LogP contribution is -2.59. The zero-order valence-electron chi connectivity index (χ0n) is 12.6. The highest BCUT2D eigenvalue weighted by Crippen LogP contribution is 2.21. The Balaban J connectivity index is 1.87. The summed E-state index contributed by atoms with van der Waals surface area (Å²) in [7, 11) is 0. The number of carbonyl (C=O) groups excluding carboxylic acids is 1. The predicted octanol–water partition coefficient (Wildman–Crippen LogP) is 1.00. The number of rotatable bonds is 4. The van der Waals surface area contributed by atoms with Crippen LogP contribution in [0.4, 0.5) is 0 Å². The largest absolute Gasteiger partial charge is 0.480 e. The summed E-state index contributed by atoms with van der Waals surface area (Å²) in [6, 6.07) is 0. The van der Waals surface area contributed by atoms with Crippen molar-refractivity contribution in [3.63, 3.8) is 0 Å². The molecule has 2 rings (SSSR count). The topological polar surface area (TPSA) is 78.9 Å². The van der Waals surface area contributed by atoms with Gasteiger partial charge in [0, 0.05) is 26.1 Å². The number of hydrogen-bond donors (Lipinski definition) is 2. The van der Waals surface area contributed by atoms with Gasteiger partial charge < -0.3 is 15.2 Å². The van der Waals surface area contributed by atoms with E-state index in [0.29, 0.717) is 32.6 Å². The first-order valence-electron chi connectivity index (χ1n) is 7.97. The van der Waals surface area contributed by atoms with Gasteiger partial charge in [-0.25, -0.2) is 4.79 Å². The summed E-state index contributed by atoms with van der Waals surface area (Å²) in [5.41, 5.74) is -1.14. The Morgan fingerprint density at radius 1 is 1.05 bits per heavy atom. The van der Waals surface area contributed by atoms with Gasteiger partial charge in [0.2, 0.25) is 5.91 Å². The fourth-order valence-corrected chi connectivity index (χ4v) is 3.09. The van der Waals surface area contributed by atoms with E-state index < -0.39 is 11.5 Å². The molecule has 0 aromatic heterocycles. The van der Waals surface area contributed by atoms with Crippen molar-refractivity contribution in [3.05, 3.63) is 0 Å². The molecule has 6 heteroatoms. The average Bonchev–Trinajstić information content (AvgIpc) is 2.42. The van der Waals surface area contributed by atoms with Gasteiger partial charge in [-0.15, -0.1) is 0 Å². The van der Waals surface area contributed by atoms with Crippen LogP contribution in [0.25, 0.3) is 0 Å². The molecule has 1 amide bonds. The summed E-state index contributed by atoms with van der Waals surface area (Å²) in [4.78, 5) is 25.9. The van der Waals surface area contributed by atoms with Gasteiger partial charge in [-0.05, 0) is 25.9 Å². The Morgan fingerprint density at radius 3 is 2.19 bits per heavy atom. The predicted molar refractivity (Wildman–Crippen MR) is 78.1 cm³/mol. The van der Waals surface area contributed by atoms with Crippen LogP contribution in [0.3, 0.4) is 0 Å². The molecule has 0 spiro atoms. The van der Waals surface area contributed by atoms with E-state index in [2.05, 4.69) is 10.2 Å². The van der Waals surface area contributed by atoms with Crippen LogP contribution < -0.4 is 5.32 Å². The van der Waals surface area contributed by atoms with Gasteiger partial charge in [0.1, 0.15) is 5.54 Å². The molecule has 2 saturated heterocycles. The molecule has 120 valence electrons. The highest BCUT2D eigenvalue weighted by Gasteiger charge is 2.41. The molecule has 2 aliphatic heterocycles. The number of nitrogens with one attached hydrogen (secondary N) is 1. The van der Waals surface area contributed by atoms with Gasteiger partial charge in [0.25, 0.3) is 0 Å². The van der Waals surface area contributed by atoms with Crippen molar-refractivity contribution in [2.75, 3.05) is 32.8 Å². The molecule has 0 unspecified atom stereocenters. The van der Waals surface area contributed by atoms with Crippen LogP contribution in [-0.2, 0) is 14.3 Å². The maximum Gasteiger partial charge on any atom is 0.329 e. The third kappa shape index (κ3) is 4.68. The van der Waals surface area contributed by atoms with Crippen molar-refractivity contribution in [1.82, 2.24) is 10.2 Å². The average molecular weight is 298 g/mol. The number of amides is 1. The third-order valence-electron chi connectivity index (χ3n) is 4.45. The van der Waals surface area contributed by atoms with E-state index in [4.69, 9.17) is 4.74 Å². The molecular formula is C15H26N2O4. The number of carboxylic acids is 1. The van der Waals surface area contributed by atoms with Crippen LogP contribution in [0.2, 0.25) is 0 Å². The van der Waals surface area contributed by atoms with Gasteiger partial charge in [-0.1, -0.05) is 19.3 Å². The number of aliphatic carboxylic acids is 1. The Bertz CT molecular complexity index is 359. The smallest absolute Gasteiger partial charge is 0.329 e. The maximum atomic E-state index is 12.2. The number of nitrogens with zero attached hydrogens (tertiary/aromatic N) is 1. The fraction of sp³-hybridized carbons (Fsp3) is 0.867. The Labute approximate surface area is 125 Å². The second-order valence-corrected chi connectivity index (χ2v) is 6.09. The first-order valence-corrected chi connectivity index (χ1v) is 7.97. The molecule has 0 saturated carbocycles.